The van der Waals surface area contributed by atoms with Crippen molar-refractivity contribution in [1.29, 1.82) is 0 Å². The Bertz CT molecular complexity index is 724. The van der Waals surface area contributed by atoms with E-state index in [4.69, 9.17) is 9.47 Å². The first-order chi connectivity index (χ1) is 13.2. The van der Waals surface area contributed by atoms with Crippen LogP contribution in [0.5, 0.6) is 5.88 Å². The number of fused-ring (bicyclic) bond motifs is 1. The molecular formula is C20H27N3O4. The molecule has 1 saturated carbocycles. The predicted octanol–water partition coefficient (Wildman–Crippen LogP) is 2.17. The van der Waals surface area contributed by atoms with Crippen LogP contribution < -0.4 is 10.1 Å². The van der Waals surface area contributed by atoms with Gasteiger partial charge >= 0.3 is 0 Å². The van der Waals surface area contributed by atoms with Crippen LogP contribution in [0.3, 0.4) is 0 Å². The smallest absolute Gasteiger partial charge is 0.256 e. The van der Waals surface area contributed by atoms with E-state index in [1.165, 1.54) is 12.8 Å². The van der Waals surface area contributed by atoms with E-state index in [1.54, 1.807) is 7.11 Å². The number of ether oxygens (including phenoxy) is 2. The molecule has 0 unspecified atom stereocenters. The lowest BCUT2D eigenvalue weighted by atomic mass is 10.1. The number of rotatable bonds is 5. The number of nitrogens with one attached hydrogen (secondary N) is 1. The third-order valence-corrected chi connectivity index (χ3v) is 5.84. The molecule has 0 bridgehead atoms. The fraction of sp³-hybridized carbons (Fsp3) is 0.650. The highest BCUT2D eigenvalue weighted by atomic mass is 16.5. The average molecular weight is 373 g/mol. The monoisotopic (exact) mass is 373 g/mol. The number of methoxy groups -OCH3 is 1. The first-order valence-electron chi connectivity index (χ1n) is 9.94. The minimum Gasteiger partial charge on any atom is -0.481 e. The molecule has 3 heterocycles. The van der Waals surface area contributed by atoms with Crippen molar-refractivity contribution >= 4 is 11.8 Å². The van der Waals surface area contributed by atoms with Crippen molar-refractivity contribution in [1.82, 2.24) is 15.2 Å². The highest BCUT2D eigenvalue weighted by Crippen LogP contribution is 2.33. The maximum atomic E-state index is 12.9. The van der Waals surface area contributed by atoms with Gasteiger partial charge in [-0.15, -0.1) is 0 Å². The van der Waals surface area contributed by atoms with Gasteiger partial charge < -0.3 is 19.7 Å². The van der Waals surface area contributed by atoms with Crippen molar-refractivity contribution in [3.05, 3.63) is 22.9 Å². The number of carbonyl (C=O) groups is 2. The number of carbonyl (C=O) groups excluding carboxylic acids is 2. The van der Waals surface area contributed by atoms with Gasteiger partial charge in [-0.25, -0.2) is 4.98 Å². The lowest BCUT2D eigenvalue weighted by Crippen LogP contribution is -2.38. The summed E-state index contributed by atoms with van der Waals surface area (Å²) in [7, 11) is 1.57. The van der Waals surface area contributed by atoms with Crippen LogP contribution in [0.4, 0.5) is 0 Å². The van der Waals surface area contributed by atoms with Crippen LogP contribution in [0, 0.1) is 0 Å². The van der Waals surface area contributed by atoms with Gasteiger partial charge in [-0.2, -0.15) is 0 Å². The summed E-state index contributed by atoms with van der Waals surface area (Å²) in [6.07, 6.45) is 6.89. The molecule has 2 aliphatic heterocycles. The Labute approximate surface area is 159 Å². The molecule has 4 rings (SSSR count). The Morgan fingerprint density at radius 2 is 2.07 bits per heavy atom. The Hall–Kier alpha value is -2.15. The molecule has 0 radical (unpaired) electrons. The van der Waals surface area contributed by atoms with Crippen molar-refractivity contribution in [2.45, 2.75) is 70.2 Å². The highest BCUT2D eigenvalue weighted by Gasteiger charge is 2.36. The van der Waals surface area contributed by atoms with Crippen molar-refractivity contribution in [3.63, 3.8) is 0 Å². The van der Waals surface area contributed by atoms with Gasteiger partial charge in [-0.05, 0) is 38.2 Å². The molecule has 0 aromatic carbocycles. The fourth-order valence-corrected chi connectivity index (χ4v) is 4.33. The maximum absolute atomic E-state index is 12.9. The summed E-state index contributed by atoms with van der Waals surface area (Å²) in [5.74, 6) is 0.408. The third kappa shape index (κ3) is 3.65. The molecule has 7 nitrogen and oxygen atoms in total. The van der Waals surface area contributed by atoms with Gasteiger partial charge in [0, 0.05) is 24.8 Å². The molecule has 1 aliphatic carbocycles. The van der Waals surface area contributed by atoms with Gasteiger partial charge in [0.15, 0.2) is 0 Å². The normalized spacial score (nSPS) is 22.8. The number of nitrogens with zero attached hydrogens (tertiary/aromatic N) is 2. The second-order valence-corrected chi connectivity index (χ2v) is 7.60. The third-order valence-electron chi connectivity index (χ3n) is 5.84. The molecular weight excluding hydrogens is 346 g/mol. The molecule has 1 aromatic heterocycles. The van der Waals surface area contributed by atoms with E-state index in [1.807, 2.05) is 11.0 Å². The van der Waals surface area contributed by atoms with Crippen LogP contribution in [0.15, 0.2) is 6.07 Å². The summed E-state index contributed by atoms with van der Waals surface area (Å²) in [5.41, 5.74) is 2.14. The van der Waals surface area contributed by atoms with E-state index in [0.29, 0.717) is 30.6 Å². The number of hydrogen-bond acceptors (Lipinski definition) is 5. The Balaban J connectivity index is 1.47. The Kier molecular flexibility index (Phi) is 5.29. The SMILES string of the molecule is COc1nc2c(cc1CNC(=O)[C@@H]1CCCCO1)C(=O)N(C1CCCC1)C2. The van der Waals surface area contributed by atoms with Gasteiger partial charge in [-0.1, -0.05) is 12.8 Å². The van der Waals surface area contributed by atoms with E-state index >= 15 is 0 Å². The van der Waals surface area contributed by atoms with Crippen LogP contribution in [-0.2, 0) is 22.6 Å². The number of aromatic nitrogens is 1. The molecule has 1 aromatic rings. The van der Waals surface area contributed by atoms with E-state index in [9.17, 15) is 9.59 Å². The summed E-state index contributed by atoms with van der Waals surface area (Å²) >= 11 is 0. The van der Waals surface area contributed by atoms with Crippen molar-refractivity contribution in [3.8, 4) is 5.88 Å². The maximum Gasteiger partial charge on any atom is 0.256 e. The molecule has 27 heavy (non-hydrogen) atoms. The van der Waals surface area contributed by atoms with E-state index in [2.05, 4.69) is 10.3 Å². The largest absolute Gasteiger partial charge is 0.481 e. The van der Waals surface area contributed by atoms with E-state index in [-0.39, 0.29) is 24.5 Å². The predicted molar refractivity (Wildman–Crippen MR) is 98.4 cm³/mol. The van der Waals surface area contributed by atoms with E-state index in [0.717, 1.165) is 43.4 Å². The molecule has 7 heteroatoms. The zero-order valence-electron chi connectivity index (χ0n) is 15.8. The van der Waals surface area contributed by atoms with E-state index < -0.39 is 0 Å². The summed E-state index contributed by atoms with van der Waals surface area (Å²) in [5, 5.41) is 2.91. The van der Waals surface area contributed by atoms with Gasteiger partial charge in [0.25, 0.3) is 5.91 Å². The minimum atomic E-state index is -0.383. The number of amides is 2. The summed E-state index contributed by atoms with van der Waals surface area (Å²) in [6.45, 7) is 1.46. The molecule has 2 amide bonds. The molecule has 0 spiro atoms. The lowest BCUT2D eigenvalue weighted by molar-refractivity contribution is -0.135. The Morgan fingerprint density at radius 1 is 1.30 bits per heavy atom. The fourth-order valence-electron chi connectivity index (χ4n) is 4.33. The first-order valence-corrected chi connectivity index (χ1v) is 9.94. The second kappa shape index (κ2) is 7.84. The zero-order valence-corrected chi connectivity index (χ0v) is 15.8. The van der Waals surface area contributed by atoms with Crippen LogP contribution in [0.2, 0.25) is 0 Å². The average Bonchev–Trinajstić information content (AvgIpc) is 3.34. The van der Waals surface area contributed by atoms with Crippen LogP contribution >= 0.6 is 0 Å². The lowest BCUT2D eigenvalue weighted by Gasteiger charge is -2.22. The quantitative estimate of drug-likeness (QED) is 0.856. The van der Waals surface area contributed by atoms with Crippen LogP contribution in [0.1, 0.15) is 66.6 Å². The number of pyridine rings is 1. The molecule has 1 atom stereocenters. The zero-order chi connectivity index (χ0) is 18.8. The standard InChI is InChI=1S/C20H27N3O4/c1-26-19-13(11-21-18(24)17-8-4-5-9-27-17)10-15-16(22-19)12-23(20(15)25)14-6-2-3-7-14/h10,14,17H,2-9,11-12H2,1H3,(H,21,24)/t17-/m0/s1. The van der Waals surface area contributed by atoms with Crippen LogP contribution in [-0.4, -0.2) is 47.6 Å². The van der Waals surface area contributed by atoms with Crippen molar-refractivity contribution < 1.29 is 19.1 Å². The summed E-state index contributed by atoms with van der Waals surface area (Å²) < 4.78 is 10.9. The summed E-state index contributed by atoms with van der Waals surface area (Å²) in [6, 6.07) is 2.16. The molecule has 2 fully saturated rings. The van der Waals surface area contributed by atoms with Crippen molar-refractivity contribution in [2.24, 2.45) is 0 Å². The molecule has 1 saturated heterocycles. The topological polar surface area (TPSA) is 80.8 Å². The highest BCUT2D eigenvalue weighted by molar-refractivity contribution is 5.98. The first kappa shape index (κ1) is 18.2. The number of hydrogen-bond donors (Lipinski definition) is 1. The van der Waals surface area contributed by atoms with Crippen LogP contribution in [0.25, 0.3) is 0 Å². The molecule has 1 N–H and O–H groups in total. The molecule has 3 aliphatic rings. The van der Waals surface area contributed by atoms with Gasteiger partial charge in [-0.3, -0.25) is 9.59 Å². The summed E-state index contributed by atoms with van der Waals surface area (Å²) in [4.78, 5) is 31.7. The van der Waals surface area contributed by atoms with Crippen molar-refractivity contribution in [2.75, 3.05) is 13.7 Å². The van der Waals surface area contributed by atoms with Gasteiger partial charge in [0.05, 0.1) is 24.9 Å². The molecule has 146 valence electrons. The minimum absolute atomic E-state index is 0.0512. The van der Waals surface area contributed by atoms with Gasteiger partial charge in [0.1, 0.15) is 6.10 Å². The Morgan fingerprint density at radius 3 is 2.78 bits per heavy atom. The van der Waals surface area contributed by atoms with Gasteiger partial charge in [0.2, 0.25) is 11.8 Å². The second-order valence-electron chi connectivity index (χ2n) is 7.60.